The molecule has 5 nitrogen and oxygen atoms in total. The number of esters is 1. The molecule has 1 aromatic rings. The Hall–Kier alpha value is -1.36. The summed E-state index contributed by atoms with van der Waals surface area (Å²) in [7, 11) is 1.41. The van der Waals surface area contributed by atoms with Crippen molar-refractivity contribution in [3.63, 3.8) is 0 Å². The highest BCUT2D eigenvalue weighted by Gasteiger charge is 2.30. The zero-order chi connectivity index (χ0) is 9.97. The van der Waals surface area contributed by atoms with E-state index in [2.05, 4.69) is 15.0 Å². The van der Waals surface area contributed by atoms with Gasteiger partial charge in [0, 0.05) is 25.0 Å². The minimum atomic E-state index is -0.187. The van der Waals surface area contributed by atoms with Crippen LogP contribution in [0.5, 0.6) is 0 Å². The number of nitrogens with one attached hydrogen (secondary N) is 1. The van der Waals surface area contributed by atoms with Gasteiger partial charge in [-0.2, -0.15) is 0 Å². The average Bonchev–Trinajstić information content (AvgIpc) is 2.86. The van der Waals surface area contributed by atoms with Gasteiger partial charge < -0.3 is 14.6 Å². The maximum absolute atomic E-state index is 11.2. The number of carbonyl (C=O) groups excluding carboxylic acids is 1. The summed E-state index contributed by atoms with van der Waals surface area (Å²) in [5.74, 6) is -0.187. The van der Waals surface area contributed by atoms with Crippen molar-refractivity contribution >= 4 is 5.97 Å². The third-order valence-electron chi connectivity index (χ3n) is 2.54. The van der Waals surface area contributed by atoms with Crippen LogP contribution in [0.25, 0.3) is 0 Å². The van der Waals surface area contributed by atoms with Crippen LogP contribution in [0.2, 0.25) is 0 Å². The van der Waals surface area contributed by atoms with Crippen molar-refractivity contribution in [1.29, 1.82) is 0 Å². The number of aromatic nitrogens is 2. The number of rotatable bonds is 2. The van der Waals surface area contributed by atoms with Crippen molar-refractivity contribution in [2.45, 2.75) is 18.5 Å². The number of methoxy groups -OCH3 is 1. The Morgan fingerprint density at radius 3 is 3.21 bits per heavy atom. The molecule has 1 saturated heterocycles. The molecule has 76 valence electrons. The summed E-state index contributed by atoms with van der Waals surface area (Å²) in [5.41, 5.74) is 0. The number of hydrogen-bond donors (Lipinski definition) is 1. The predicted molar refractivity (Wildman–Crippen MR) is 49.7 cm³/mol. The molecule has 1 aromatic heterocycles. The van der Waals surface area contributed by atoms with Gasteiger partial charge in [-0.3, -0.25) is 4.79 Å². The second-order valence-electron chi connectivity index (χ2n) is 3.38. The van der Waals surface area contributed by atoms with Crippen molar-refractivity contribution in [2.75, 3.05) is 13.7 Å². The summed E-state index contributed by atoms with van der Waals surface area (Å²) >= 11 is 0. The lowest BCUT2D eigenvalue weighted by Gasteiger charge is -2.09. The molecule has 0 unspecified atom stereocenters. The van der Waals surface area contributed by atoms with E-state index in [1.165, 1.54) is 7.11 Å². The van der Waals surface area contributed by atoms with Crippen molar-refractivity contribution < 1.29 is 9.53 Å². The molecule has 2 rings (SSSR count). The van der Waals surface area contributed by atoms with Crippen LogP contribution >= 0.6 is 0 Å². The van der Waals surface area contributed by atoms with Gasteiger partial charge in [-0.15, -0.1) is 0 Å². The smallest absolute Gasteiger partial charge is 0.322 e. The zero-order valence-electron chi connectivity index (χ0n) is 8.01. The second-order valence-corrected chi connectivity index (χ2v) is 3.38. The third kappa shape index (κ3) is 1.63. The van der Waals surface area contributed by atoms with Gasteiger partial charge in [0.1, 0.15) is 6.04 Å². The molecule has 0 amide bonds. The van der Waals surface area contributed by atoms with Crippen molar-refractivity contribution in [3.05, 3.63) is 18.7 Å². The molecular formula is C9H13N3O2. The normalized spacial score (nSPS) is 26.4. The van der Waals surface area contributed by atoms with E-state index >= 15 is 0 Å². The molecule has 5 heteroatoms. The largest absolute Gasteiger partial charge is 0.468 e. The van der Waals surface area contributed by atoms with E-state index in [0.29, 0.717) is 6.04 Å². The quantitative estimate of drug-likeness (QED) is 0.673. The van der Waals surface area contributed by atoms with Crippen LogP contribution < -0.4 is 5.32 Å². The van der Waals surface area contributed by atoms with Crippen LogP contribution in [0, 0.1) is 0 Å². The molecule has 0 saturated carbocycles. The van der Waals surface area contributed by atoms with Gasteiger partial charge in [-0.25, -0.2) is 4.98 Å². The van der Waals surface area contributed by atoms with Crippen LogP contribution in [-0.4, -0.2) is 35.2 Å². The average molecular weight is 195 g/mol. The highest BCUT2D eigenvalue weighted by Crippen LogP contribution is 2.19. The molecule has 1 N–H and O–H groups in total. The van der Waals surface area contributed by atoms with Gasteiger partial charge in [0.15, 0.2) is 0 Å². The molecule has 1 aliphatic heterocycles. The second kappa shape index (κ2) is 3.79. The Labute approximate surface area is 82.1 Å². The third-order valence-corrected chi connectivity index (χ3v) is 2.54. The van der Waals surface area contributed by atoms with E-state index in [4.69, 9.17) is 0 Å². The minimum absolute atomic E-state index is 0.174. The Balaban J connectivity index is 1.98. The summed E-state index contributed by atoms with van der Waals surface area (Å²) in [6, 6.07) is 0.133. The lowest BCUT2D eigenvalue weighted by molar-refractivity contribution is -0.142. The van der Waals surface area contributed by atoms with Crippen LogP contribution in [-0.2, 0) is 9.53 Å². The van der Waals surface area contributed by atoms with Gasteiger partial charge in [0.25, 0.3) is 0 Å². The molecule has 14 heavy (non-hydrogen) atoms. The van der Waals surface area contributed by atoms with Gasteiger partial charge >= 0.3 is 5.97 Å². The van der Waals surface area contributed by atoms with Gasteiger partial charge in [0.05, 0.1) is 13.4 Å². The molecule has 0 aliphatic carbocycles. The highest BCUT2D eigenvalue weighted by molar-refractivity contribution is 5.76. The molecule has 2 atom stereocenters. The SMILES string of the molecule is COC(=O)[C@@H]1C[C@@H](n2ccnc2)CN1. The van der Waals surface area contributed by atoms with E-state index < -0.39 is 0 Å². The molecule has 1 fully saturated rings. The summed E-state index contributed by atoms with van der Waals surface area (Å²) < 4.78 is 6.68. The lowest BCUT2D eigenvalue weighted by atomic mass is 10.2. The first-order valence-corrected chi connectivity index (χ1v) is 4.60. The Morgan fingerprint density at radius 2 is 2.57 bits per heavy atom. The fourth-order valence-electron chi connectivity index (χ4n) is 1.75. The van der Waals surface area contributed by atoms with Crippen molar-refractivity contribution in [1.82, 2.24) is 14.9 Å². The first kappa shape index (κ1) is 9.21. The Bertz CT molecular complexity index is 310. The van der Waals surface area contributed by atoms with E-state index in [9.17, 15) is 4.79 Å². The highest BCUT2D eigenvalue weighted by atomic mass is 16.5. The maximum Gasteiger partial charge on any atom is 0.322 e. The summed E-state index contributed by atoms with van der Waals surface area (Å²) in [6.07, 6.45) is 6.19. The predicted octanol–water partition coefficient (Wildman–Crippen LogP) is -0.0409. The van der Waals surface area contributed by atoms with Crippen LogP contribution in [0.1, 0.15) is 12.5 Å². The molecule has 1 aliphatic rings. The fourth-order valence-corrected chi connectivity index (χ4v) is 1.75. The zero-order valence-corrected chi connectivity index (χ0v) is 8.01. The fraction of sp³-hybridized carbons (Fsp3) is 0.556. The van der Waals surface area contributed by atoms with E-state index in [0.717, 1.165) is 13.0 Å². The first-order valence-electron chi connectivity index (χ1n) is 4.60. The summed E-state index contributed by atoms with van der Waals surface area (Å²) in [4.78, 5) is 15.2. The van der Waals surface area contributed by atoms with Crippen molar-refractivity contribution in [3.8, 4) is 0 Å². The van der Waals surface area contributed by atoms with Gasteiger partial charge in [0.2, 0.25) is 0 Å². The Morgan fingerprint density at radius 1 is 1.71 bits per heavy atom. The van der Waals surface area contributed by atoms with Crippen LogP contribution in [0.4, 0.5) is 0 Å². The van der Waals surface area contributed by atoms with E-state index in [-0.39, 0.29) is 12.0 Å². The summed E-state index contributed by atoms with van der Waals surface area (Å²) in [5, 5.41) is 3.12. The number of imidazole rings is 1. The Kier molecular flexibility index (Phi) is 2.49. The van der Waals surface area contributed by atoms with Gasteiger partial charge in [-0.1, -0.05) is 0 Å². The minimum Gasteiger partial charge on any atom is -0.468 e. The molecule has 0 bridgehead atoms. The molecule has 0 aromatic carbocycles. The lowest BCUT2D eigenvalue weighted by Crippen LogP contribution is -2.31. The standard InChI is InChI=1S/C9H13N3O2/c1-14-9(13)8-4-7(5-11-8)12-3-2-10-6-12/h2-3,6-8,11H,4-5H2,1H3/t7-,8+/m1/s1. The van der Waals surface area contributed by atoms with Crippen molar-refractivity contribution in [2.24, 2.45) is 0 Å². The number of carbonyl (C=O) groups is 1. The van der Waals surface area contributed by atoms with E-state index in [1.54, 1.807) is 12.5 Å². The van der Waals surface area contributed by atoms with Gasteiger partial charge in [-0.05, 0) is 6.42 Å². The first-order chi connectivity index (χ1) is 6.81. The number of hydrogen-bond acceptors (Lipinski definition) is 4. The van der Waals surface area contributed by atoms with E-state index in [1.807, 2.05) is 10.8 Å². The topological polar surface area (TPSA) is 56.2 Å². The molecule has 2 heterocycles. The number of ether oxygens (including phenoxy) is 1. The number of nitrogens with zero attached hydrogens (tertiary/aromatic N) is 2. The van der Waals surface area contributed by atoms with Crippen LogP contribution in [0.15, 0.2) is 18.7 Å². The molecule has 0 radical (unpaired) electrons. The monoisotopic (exact) mass is 195 g/mol. The molecular weight excluding hydrogens is 182 g/mol. The maximum atomic E-state index is 11.2. The summed E-state index contributed by atoms with van der Waals surface area (Å²) in [6.45, 7) is 0.788. The molecule has 0 spiro atoms. The van der Waals surface area contributed by atoms with Crippen LogP contribution in [0.3, 0.4) is 0 Å².